The lowest BCUT2D eigenvalue weighted by Gasteiger charge is -2.51. The van der Waals surface area contributed by atoms with Crippen LogP contribution in [0.3, 0.4) is 0 Å². The average Bonchev–Trinajstić information content (AvgIpc) is 3.42. The van der Waals surface area contributed by atoms with Crippen molar-refractivity contribution in [1.82, 2.24) is 19.7 Å². The van der Waals surface area contributed by atoms with Gasteiger partial charge in [-0.05, 0) is 73.2 Å². The summed E-state index contributed by atoms with van der Waals surface area (Å²) in [5.74, 6) is 0.375. The number of halogens is 3. The number of ether oxygens (including phenoxy) is 1. The summed E-state index contributed by atoms with van der Waals surface area (Å²) in [6, 6.07) is 19.0. The first kappa shape index (κ1) is 30.9. The van der Waals surface area contributed by atoms with E-state index in [2.05, 4.69) is 38.7 Å². The molecule has 3 aromatic carbocycles. The van der Waals surface area contributed by atoms with E-state index >= 15 is 0 Å². The molecule has 0 spiro atoms. The number of piperidine rings is 2. The summed E-state index contributed by atoms with van der Waals surface area (Å²) in [6.45, 7) is 8.07. The number of carbonyl (C=O) groups is 1. The maximum Gasteiger partial charge on any atom is 0.253 e. The highest BCUT2D eigenvalue weighted by Crippen LogP contribution is 2.30. The first-order valence-electron chi connectivity index (χ1n) is 15.6. The molecule has 7 rings (SSSR count). The third-order valence-corrected chi connectivity index (χ3v) is 9.85. The smallest absolute Gasteiger partial charge is 0.253 e. The fourth-order valence-corrected chi connectivity index (χ4v) is 7.13. The highest BCUT2D eigenvalue weighted by atomic mass is 35.5. The van der Waals surface area contributed by atoms with Gasteiger partial charge in [-0.1, -0.05) is 54.4 Å². The van der Waals surface area contributed by atoms with Gasteiger partial charge in [0.25, 0.3) is 5.91 Å². The second kappa shape index (κ2) is 13.9. The zero-order chi connectivity index (χ0) is 30.6. The summed E-state index contributed by atoms with van der Waals surface area (Å²) in [5, 5.41) is 5.04. The van der Waals surface area contributed by atoms with Crippen molar-refractivity contribution >= 4 is 40.0 Å². The molecule has 1 N–H and O–H groups in total. The van der Waals surface area contributed by atoms with Crippen molar-refractivity contribution < 1.29 is 13.9 Å². The summed E-state index contributed by atoms with van der Waals surface area (Å²) in [6.07, 6.45) is 6.40. The van der Waals surface area contributed by atoms with Crippen molar-refractivity contribution in [1.29, 1.82) is 0 Å². The van der Waals surface area contributed by atoms with Crippen LogP contribution in [-0.2, 0) is 19.5 Å². The molecular weight excluding hydrogens is 598 g/mol. The maximum atomic E-state index is 13.4. The van der Waals surface area contributed by atoms with Crippen LogP contribution >= 0.6 is 23.2 Å². The number of rotatable bonds is 12. The molecule has 0 saturated carbocycles. The number of aryl methyl sites for hydroxylation is 2. The van der Waals surface area contributed by atoms with Crippen LogP contribution in [0.25, 0.3) is 10.9 Å². The van der Waals surface area contributed by atoms with Crippen LogP contribution in [0.4, 0.5) is 4.39 Å². The van der Waals surface area contributed by atoms with Crippen LogP contribution in [0, 0.1) is 5.82 Å². The Morgan fingerprint density at radius 2 is 1.70 bits per heavy atom. The molecule has 2 bridgehead atoms. The molecule has 3 saturated heterocycles. The van der Waals surface area contributed by atoms with E-state index in [1.807, 2.05) is 18.3 Å². The molecule has 2 atom stereocenters. The molecule has 44 heavy (non-hydrogen) atoms. The fraction of sp³-hybridized carbons (Fsp3) is 0.400. The fourth-order valence-electron chi connectivity index (χ4n) is 6.81. The molecule has 4 aromatic rings. The Kier molecular flexibility index (Phi) is 9.77. The number of hydrogen-bond donors (Lipinski definition) is 1. The predicted molar refractivity (Wildman–Crippen MR) is 175 cm³/mol. The number of fused-ring (bicyclic) bond motifs is 4. The van der Waals surface area contributed by atoms with Crippen molar-refractivity contribution in [3.8, 4) is 5.75 Å². The predicted octanol–water partition coefficient (Wildman–Crippen LogP) is 7.20. The number of aromatic nitrogens is 1. The molecule has 1 aromatic heterocycles. The molecule has 4 heterocycles. The van der Waals surface area contributed by atoms with E-state index in [1.165, 1.54) is 30.5 Å². The van der Waals surface area contributed by atoms with Gasteiger partial charge in [0.05, 0.1) is 21.1 Å². The third-order valence-electron chi connectivity index (χ3n) is 9.11. The molecule has 3 aliphatic heterocycles. The number of piperazine rings is 1. The van der Waals surface area contributed by atoms with Gasteiger partial charge in [-0.2, -0.15) is 0 Å². The largest absolute Gasteiger partial charge is 0.492 e. The van der Waals surface area contributed by atoms with E-state index in [9.17, 15) is 9.18 Å². The molecular formula is C35H39Cl2FN4O2. The van der Waals surface area contributed by atoms with Crippen LogP contribution in [0.1, 0.15) is 47.7 Å². The summed E-state index contributed by atoms with van der Waals surface area (Å²) < 4.78 is 21.3. The second-order valence-electron chi connectivity index (χ2n) is 11.9. The van der Waals surface area contributed by atoms with Crippen LogP contribution in [0.5, 0.6) is 5.75 Å². The Morgan fingerprint density at radius 3 is 2.41 bits per heavy atom. The lowest BCUT2D eigenvalue weighted by atomic mass is 9.90. The number of benzene rings is 3. The normalized spacial score (nSPS) is 18.6. The summed E-state index contributed by atoms with van der Waals surface area (Å²) in [4.78, 5) is 18.6. The quantitative estimate of drug-likeness (QED) is 0.179. The van der Waals surface area contributed by atoms with Crippen molar-refractivity contribution in [3.05, 3.63) is 99.4 Å². The number of para-hydroxylation sites is 1. The molecule has 2 unspecified atom stereocenters. The minimum atomic E-state index is -0.246. The van der Waals surface area contributed by atoms with Gasteiger partial charge in [0.1, 0.15) is 18.2 Å². The minimum Gasteiger partial charge on any atom is -0.492 e. The monoisotopic (exact) mass is 636 g/mol. The van der Waals surface area contributed by atoms with Gasteiger partial charge < -0.3 is 14.6 Å². The maximum absolute atomic E-state index is 13.4. The molecule has 0 aliphatic carbocycles. The van der Waals surface area contributed by atoms with E-state index in [0.29, 0.717) is 46.6 Å². The average molecular weight is 638 g/mol. The standard InChI is InChI=1S/C35H39Cl2FN4O2/c1-2-25-5-3-6-30-31(35(43)39-20-24-7-14-32(36)33(37)19-24)23-42(34(25)30)16-4-15-40-21-28-11-10-27(40)22-41(28)17-18-44-29-12-8-26(38)9-13-29/h3,5-9,12-14,19,23,27-28H,2,4,10-11,15-18,20-22H2,1H3,(H,39,43). The van der Waals surface area contributed by atoms with E-state index in [4.69, 9.17) is 27.9 Å². The van der Waals surface area contributed by atoms with Gasteiger partial charge in [-0.25, -0.2) is 4.39 Å². The van der Waals surface area contributed by atoms with Gasteiger partial charge in [0.2, 0.25) is 0 Å². The van der Waals surface area contributed by atoms with Crippen LogP contribution in [-0.4, -0.2) is 65.1 Å². The number of amides is 1. The number of nitrogens with one attached hydrogen (secondary N) is 1. The Balaban J connectivity index is 1.05. The van der Waals surface area contributed by atoms with Gasteiger partial charge in [-0.15, -0.1) is 0 Å². The zero-order valence-electron chi connectivity index (χ0n) is 25.1. The summed E-state index contributed by atoms with van der Waals surface area (Å²) >= 11 is 12.2. The number of hydrogen-bond acceptors (Lipinski definition) is 4. The van der Waals surface area contributed by atoms with Gasteiger partial charge in [0, 0.05) is 62.9 Å². The molecule has 232 valence electrons. The Hall–Kier alpha value is -3.10. The highest BCUT2D eigenvalue weighted by molar-refractivity contribution is 6.42. The van der Waals surface area contributed by atoms with Crippen LogP contribution in [0.2, 0.25) is 10.0 Å². The van der Waals surface area contributed by atoms with Crippen molar-refractivity contribution in [2.75, 3.05) is 32.8 Å². The molecule has 3 aliphatic rings. The van der Waals surface area contributed by atoms with Crippen molar-refractivity contribution in [2.45, 2.75) is 57.8 Å². The number of nitrogens with zero attached hydrogens (tertiary/aromatic N) is 3. The van der Waals surface area contributed by atoms with Gasteiger partial charge in [-0.3, -0.25) is 14.6 Å². The molecule has 3 fully saturated rings. The summed E-state index contributed by atoms with van der Waals surface area (Å²) in [5.41, 5.74) is 4.01. The van der Waals surface area contributed by atoms with Crippen molar-refractivity contribution in [3.63, 3.8) is 0 Å². The van der Waals surface area contributed by atoms with Gasteiger partial charge in [0.15, 0.2) is 0 Å². The van der Waals surface area contributed by atoms with E-state index < -0.39 is 0 Å². The molecule has 0 radical (unpaired) electrons. The van der Waals surface area contributed by atoms with E-state index in [1.54, 1.807) is 24.3 Å². The lowest BCUT2D eigenvalue weighted by Crippen LogP contribution is -2.63. The topological polar surface area (TPSA) is 49.7 Å². The van der Waals surface area contributed by atoms with Crippen LogP contribution in [0.15, 0.2) is 66.9 Å². The first-order chi connectivity index (χ1) is 21.4. The molecule has 1 amide bonds. The van der Waals surface area contributed by atoms with Gasteiger partial charge >= 0.3 is 0 Å². The SMILES string of the molecule is CCc1cccc2c(C(=O)NCc3ccc(Cl)c(Cl)c3)cn(CCCN3CC4CCC3CN4CCOc3ccc(F)cc3)c12. The van der Waals surface area contributed by atoms with Crippen molar-refractivity contribution in [2.24, 2.45) is 0 Å². The molecule has 9 heteroatoms. The third kappa shape index (κ3) is 6.91. The molecule has 6 nitrogen and oxygen atoms in total. The van der Waals surface area contributed by atoms with Crippen LogP contribution < -0.4 is 10.1 Å². The summed E-state index contributed by atoms with van der Waals surface area (Å²) in [7, 11) is 0. The zero-order valence-corrected chi connectivity index (χ0v) is 26.6. The Bertz CT molecular complexity index is 1610. The minimum absolute atomic E-state index is 0.0927. The number of carbonyl (C=O) groups excluding carboxylic acids is 1. The Labute approximate surface area is 268 Å². The second-order valence-corrected chi connectivity index (χ2v) is 12.7. The van der Waals surface area contributed by atoms with E-state index in [-0.39, 0.29) is 11.7 Å². The Morgan fingerprint density at radius 1 is 0.955 bits per heavy atom. The van der Waals surface area contributed by atoms with E-state index in [0.717, 1.165) is 62.0 Å². The first-order valence-corrected chi connectivity index (χ1v) is 16.3. The lowest BCUT2D eigenvalue weighted by molar-refractivity contribution is -0.0259. The highest BCUT2D eigenvalue weighted by Gasteiger charge is 2.38.